The molecule has 0 unspecified atom stereocenters. The summed E-state index contributed by atoms with van der Waals surface area (Å²) in [6.45, 7) is 2.03. The van der Waals surface area contributed by atoms with Gasteiger partial charge in [-0.3, -0.25) is 4.79 Å². The van der Waals surface area contributed by atoms with Gasteiger partial charge in [-0.2, -0.15) is 0 Å². The lowest BCUT2D eigenvalue weighted by atomic mass is 10.1. The maximum absolute atomic E-state index is 12.1. The number of H-pyrrole nitrogens is 1. The number of rotatable bonds is 4. The van der Waals surface area contributed by atoms with Crippen molar-refractivity contribution in [1.82, 2.24) is 10.3 Å². The smallest absolute Gasteiger partial charge is 0.251 e. The Balaban J connectivity index is 1.69. The molecule has 3 rings (SSSR count). The zero-order valence-electron chi connectivity index (χ0n) is 12.0. The first-order chi connectivity index (χ1) is 10.2. The fourth-order valence-electron chi connectivity index (χ4n) is 2.58. The Kier molecular flexibility index (Phi) is 3.73. The first-order valence-corrected chi connectivity index (χ1v) is 7.15. The topological polar surface area (TPSA) is 44.9 Å². The van der Waals surface area contributed by atoms with E-state index in [2.05, 4.69) is 22.4 Å². The van der Waals surface area contributed by atoms with Crippen LogP contribution in [0.4, 0.5) is 0 Å². The fraction of sp³-hybridized carbons (Fsp3) is 0.167. The number of para-hydroxylation sites is 1. The second-order valence-corrected chi connectivity index (χ2v) is 5.30. The highest BCUT2D eigenvalue weighted by atomic mass is 16.1. The van der Waals surface area contributed by atoms with Gasteiger partial charge in [-0.15, -0.1) is 0 Å². The van der Waals surface area contributed by atoms with Crippen LogP contribution >= 0.6 is 0 Å². The van der Waals surface area contributed by atoms with Crippen molar-refractivity contribution in [2.75, 3.05) is 0 Å². The molecule has 2 N–H and O–H groups in total. The van der Waals surface area contributed by atoms with Crippen LogP contribution < -0.4 is 5.32 Å². The van der Waals surface area contributed by atoms with E-state index in [0.717, 1.165) is 11.9 Å². The monoisotopic (exact) mass is 278 g/mol. The summed E-state index contributed by atoms with van der Waals surface area (Å²) in [5.41, 5.74) is 3.06. The second kappa shape index (κ2) is 5.83. The molecule has 1 heterocycles. The lowest BCUT2D eigenvalue weighted by molar-refractivity contribution is 0.0940. The minimum absolute atomic E-state index is 0.0251. The van der Waals surface area contributed by atoms with Gasteiger partial charge in [0.2, 0.25) is 0 Å². The highest BCUT2D eigenvalue weighted by Crippen LogP contribution is 2.19. The summed E-state index contributed by atoms with van der Waals surface area (Å²) >= 11 is 0. The van der Waals surface area contributed by atoms with Crippen molar-refractivity contribution in [3.05, 3.63) is 71.9 Å². The van der Waals surface area contributed by atoms with Crippen LogP contribution in [0.25, 0.3) is 10.9 Å². The molecule has 0 saturated heterocycles. The molecule has 0 saturated carbocycles. The average molecular weight is 278 g/mol. The molecule has 0 aliphatic heterocycles. The van der Waals surface area contributed by atoms with Gasteiger partial charge in [0.1, 0.15) is 0 Å². The van der Waals surface area contributed by atoms with Crippen molar-refractivity contribution < 1.29 is 4.79 Å². The molecule has 0 aliphatic rings. The van der Waals surface area contributed by atoms with Crippen LogP contribution in [0.5, 0.6) is 0 Å². The van der Waals surface area contributed by atoms with Crippen LogP contribution in [0.2, 0.25) is 0 Å². The Morgan fingerprint density at radius 1 is 1.10 bits per heavy atom. The number of hydrogen-bond donors (Lipinski definition) is 2. The standard InChI is InChI=1S/C18H18N2O/c1-13(20-18(21)14-7-3-2-4-8-14)11-15-12-19-17-10-6-5-9-16(15)17/h2-10,12-13,19H,11H2,1H3,(H,20,21)/t13-/m0/s1. The van der Waals surface area contributed by atoms with Gasteiger partial charge in [-0.05, 0) is 37.1 Å². The van der Waals surface area contributed by atoms with E-state index in [-0.39, 0.29) is 11.9 Å². The first-order valence-electron chi connectivity index (χ1n) is 7.15. The molecule has 0 radical (unpaired) electrons. The molecule has 3 aromatic rings. The molecule has 0 aliphatic carbocycles. The van der Waals surface area contributed by atoms with Crippen LogP contribution in [0.15, 0.2) is 60.8 Å². The normalized spacial score (nSPS) is 12.2. The SMILES string of the molecule is C[C@@H](Cc1c[nH]c2ccccc12)NC(=O)c1ccccc1. The molecule has 0 bridgehead atoms. The van der Waals surface area contributed by atoms with Gasteiger partial charge in [-0.25, -0.2) is 0 Å². The quantitative estimate of drug-likeness (QED) is 0.753. The maximum Gasteiger partial charge on any atom is 0.251 e. The third-order valence-corrected chi connectivity index (χ3v) is 3.61. The molecule has 0 fully saturated rings. The van der Waals surface area contributed by atoms with Crippen LogP contribution in [0.1, 0.15) is 22.8 Å². The highest BCUT2D eigenvalue weighted by molar-refractivity contribution is 5.94. The van der Waals surface area contributed by atoms with E-state index < -0.39 is 0 Å². The van der Waals surface area contributed by atoms with Gasteiger partial charge < -0.3 is 10.3 Å². The minimum atomic E-state index is -0.0251. The predicted molar refractivity (Wildman–Crippen MR) is 85.4 cm³/mol. The van der Waals surface area contributed by atoms with Crippen molar-refractivity contribution in [2.45, 2.75) is 19.4 Å². The molecule has 3 nitrogen and oxygen atoms in total. The van der Waals surface area contributed by atoms with E-state index in [1.165, 1.54) is 10.9 Å². The van der Waals surface area contributed by atoms with E-state index in [0.29, 0.717) is 5.56 Å². The van der Waals surface area contributed by atoms with Crippen LogP contribution in [-0.4, -0.2) is 16.9 Å². The second-order valence-electron chi connectivity index (χ2n) is 5.30. The number of aromatic nitrogens is 1. The number of nitrogens with one attached hydrogen (secondary N) is 2. The third-order valence-electron chi connectivity index (χ3n) is 3.61. The summed E-state index contributed by atoms with van der Waals surface area (Å²) in [6, 6.07) is 17.6. The predicted octanol–water partition coefficient (Wildman–Crippen LogP) is 3.53. The molecule has 21 heavy (non-hydrogen) atoms. The molecule has 2 aromatic carbocycles. The Morgan fingerprint density at radius 3 is 2.62 bits per heavy atom. The first kappa shape index (κ1) is 13.4. The lowest BCUT2D eigenvalue weighted by Gasteiger charge is -2.13. The number of carbonyl (C=O) groups is 1. The average Bonchev–Trinajstić information content (AvgIpc) is 2.91. The molecule has 1 atom stereocenters. The summed E-state index contributed by atoms with van der Waals surface area (Å²) in [6.07, 6.45) is 2.83. The minimum Gasteiger partial charge on any atom is -0.361 e. The largest absolute Gasteiger partial charge is 0.361 e. The van der Waals surface area contributed by atoms with Crippen molar-refractivity contribution in [2.24, 2.45) is 0 Å². The number of benzene rings is 2. The van der Waals surface area contributed by atoms with Crippen molar-refractivity contribution in [3.8, 4) is 0 Å². The van der Waals surface area contributed by atoms with Gasteiger partial charge in [0.15, 0.2) is 0 Å². The maximum atomic E-state index is 12.1. The summed E-state index contributed by atoms with van der Waals surface area (Å²) < 4.78 is 0. The Bertz CT molecular complexity index is 746. The fourth-order valence-corrected chi connectivity index (χ4v) is 2.58. The Morgan fingerprint density at radius 2 is 1.81 bits per heavy atom. The van der Waals surface area contributed by atoms with E-state index in [1.54, 1.807) is 0 Å². The highest BCUT2D eigenvalue weighted by Gasteiger charge is 2.12. The van der Waals surface area contributed by atoms with Gasteiger partial charge in [0, 0.05) is 28.7 Å². The summed E-state index contributed by atoms with van der Waals surface area (Å²) in [5, 5.41) is 4.27. The molecule has 106 valence electrons. The van der Waals surface area contributed by atoms with E-state index in [9.17, 15) is 4.79 Å². The summed E-state index contributed by atoms with van der Waals surface area (Å²) in [4.78, 5) is 15.4. The van der Waals surface area contributed by atoms with E-state index >= 15 is 0 Å². The van der Waals surface area contributed by atoms with Gasteiger partial charge in [0.25, 0.3) is 5.91 Å². The van der Waals surface area contributed by atoms with Crippen LogP contribution in [0.3, 0.4) is 0 Å². The molecule has 0 spiro atoms. The van der Waals surface area contributed by atoms with Crippen molar-refractivity contribution in [1.29, 1.82) is 0 Å². The number of aromatic amines is 1. The number of carbonyl (C=O) groups excluding carboxylic acids is 1. The lowest BCUT2D eigenvalue weighted by Crippen LogP contribution is -2.33. The van der Waals surface area contributed by atoms with Gasteiger partial charge in [0.05, 0.1) is 0 Å². The summed E-state index contributed by atoms with van der Waals surface area (Å²) in [5.74, 6) is -0.0251. The zero-order valence-corrected chi connectivity index (χ0v) is 12.0. The number of hydrogen-bond acceptors (Lipinski definition) is 1. The van der Waals surface area contributed by atoms with Crippen LogP contribution in [-0.2, 0) is 6.42 Å². The Hall–Kier alpha value is -2.55. The van der Waals surface area contributed by atoms with E-state index in [1.807, 2.05) is 55.6 Å². The van der Waals surface area contributed by atoms with Crippen molar-refractivity contribution in [3.63, 3.8) is 0 Å². The zero-order chi connectivity index (χ0) is 14.7. The summed E-state index contributed by atoms with van der Waals surface area (Å²) in [7, 11) is 0. The van der Waals surface area contributed by atoms with Gasteiger partial charge in [-0.1, -0.05) is 36.4 Å². The van der Waals surface area contributed by atoms with E-state index in [4.69, 9.17) is 0 Å². The number of amides is 1. The molecule has 1 aromatic heterocycles. The Labute approximate surface area is 124 Å². The number of fused-ring (bicyclic) bond motifs is 1. The van der Waals surface area contributed by atoms with Crippen LogP contribution in [0, 0.1) is 0 Å². The molecular weight excluding hydrogens is 260 g/mol. The molecular formula is C18H18N2O. The molecule has 1 amide bonds. The third kappa shape index (κ3) is 2.97. The van der Waals surface area contributed by atoms with Gasteiger partial charge >= 0.3 is 0 Å². The van der Waals surface area contributed by atoms with Crippen molar-refractivity contribution >= 4 is 16.8 Å². The molecule has 3 heteroatoms.